The molecule has 0 unspecified atom stereocenters. The van der Waals surface area contributed by atoms with E-state index >= 15 is 0 Å². The summed E-state index contributed by atoms with van der Waals surface area (Å²) in [7, 11) is 3.32. The summed E-state index contributed by atoms with van der Waals surface area (Å²) < 4.78 is 20.9. The van der Waals surface area contributed by atoms with Crippen molar-refractivity contribution in [2.45, 2.75) is 13.5 Å². The zero-order valence-electron chi connectivity index (χ0n) is 11.9. The Morgan fingerprint density at radius 2 is 2.00 bits per heavy atom. The van der Waals surface area contributed by atoms with Crippen LogP contribution in [0.25, 0.3) is 0 Å². The molecule has 5 nitrogen and oxygen atoms in total. The molecular weight excluding hydrogens is 246 g/mol. The molecular formula is C14H23NO4. The Kier molecular flexibility index (Phi) is 7.97. The summed E-state index contributed by atoms with van der Waals surface area (Å²) in [6, 6.07) is 5.86. The van der Waals surface area contributed by atoms with Gasteiger partial charge in [-0.1, -0.05) is 6.07 Å². The Labute approximate surface area is 114 Å². The van der Waals surface area contributed by atoms with Crippen molar-refractivity contribution >= 4 is 0 Å². The summed E-state index contributed by atoms with van der Waals surface area (Å²) in [5.74, 6) is 1.40. The van der Waals surface area contributed by atoms with Crippen LogP contribution >= 0.6 is 0 Å². The van der Waals surface area contributed by atoms with Gasteiger partial charge in [0.1, 0.15) is 0 Å². The van der Waals surface area contributed by atoms with Crippen LogP contribution in [0.2, 0.25) is 0 Å². The van der Waals surface area contributed by atoms with Gasteiger partial charge >= 0.3 is 0 Å². The highest BCUT2D eigenvalue weighted by molar-refractivity contribution is 5.42. The lowest BCUT2D eigenvalue weighted by Crippen LogP contribution is -2.18. The summed E-state index contributed by atoms with van der Waals surface area (Å²) in [6.07, 6.45) is 0. The quantitative estimate of drug-likeness (QED) is 0.518. The van der Waals surface area contributed by atoms with Gasteiger partial charge in [-0.05, 0) is 24.6 Å². The van der Waals surface area contributed by atoms with Gasteiger partial charge in [0.15, 0.2) is 18.3 Å². The van der Waals surface area contributed by atoms with E-state index in [1.54, 1.807) is 14.2 Å². The van der Waals surface area contributed by atoms with Crippen LogP contribution < -0.4 is 14.8 Å². The van der Waals surface area contributed by atoms with Gasteiger partial charge in [0.25, 0.3) is 0 Å². The molecule has 0 bridgehead atoms. The van der Waals surface area contributed by atoms with E-state index in [2.05, 4.69) is 5.32 Å². The highest BCUT2D eigenvalue weighted by atomic mass is 16.7. The molecule has 0 aliphatic heterocycles. The van der Waals surface area contributed by atoms with E-state index in [1.165, 1.54) is 0 Å². The fourth-order valence-corrected chi connectivity index (χ4v) is 1.54. The number of hydrogen-bond acceptors (Lipinski definition) is 5. The van der Waals surface area contributed by atoms with Crippen LogP contribution in [0.15, 0.2) is 18.2 Å². The van der Waals surface area contributed by atoms with Crippen LogP contribution in [-0.4, -0.2) is 40.8 Å². The van der Waals surface area contributed by atoms with Crippen molar-refractivity contribution in [3.8, 4) is 11.5 Å². The Bertz CT molecular complexity index is 357. The predicted octanol–water partition coefficient (Wildman–Crippen LogP) is 1.80. The van der Waals surface area contributed by atoms with Crippen molar-refractivity contribution in [3.63, 3.8) is 0 Å². The highest BCUT2D eigenvalue weighted by Crippen LogP contribution is 2.27. The summed E-state index contributed by atoms with van der Waals surface area (Å²) >= 11 is 0. The van der Waals surface area contributed by atoms with Crippen molar-refractivity contribution in [1.82, 2.24) is 5.32 Å². The number of methoxy groups -OCH3 is 2. The Balaban J connectivity index is 2.51. The van der Waals surface area contributed by atoms with E-state index in [-0.39, 0.29) is 6.79 Å². The fraction of sp³-hybridized carbons (Fsp3) is 0.571. The average molecular weight is 269 g/mol. The molecule has 0 fully saturated rings. The molecule has 5 heteroatoms. The summed E-state index contributed by atoms with van der Waals surface area (Å²) in [6.45, 7) is 5.08. The third kappa shape index (κ3) is 5.92. The third-order valence-electron chi connectivity index (χ3n) is 2.54. The topological polar surface area (TPSA) is 49.0 Å². The SMILES string of the molecule is CCOCOc1ccc(CNCCOC)cc1OC. The molecule has 0 saturated carbocycles. The van der Waals surface area contributed by atoms with Crippen molar-refractivity contribution in [3.05, 3.63) is 23.8 Å². The lowest BCUT2D eigenvalue weighted by atomic mass is 10.2. The van der Waals surface area contributed by atoms with Gasteiger partial charge in [-0.3, -0.25) is 0 Å². The summed E-state index contributed by atoms with van der Waals surface area (Å²) in [5.41, 5.74) is 1.14. The van der Waals surface area contributed by atoms with Crippen LogP contribution in [0.1, 0.15) is 12.5 Å². The fourth-order valence-electron chi connectivity index (χ4n) is 1.54. The van der Waals surface area contributed by atoms with E-state index in [0.29, 0.717) is 24.7 Å². The first-order valence-corrected chi connectivity index (χ1v) is 6.39. The van der Waals surface area contributed by atoms with E-state index in [1.807, 2.05) is 25.1 Å². The maximum Gasteiger partial charge on any atom is 0.189 e. The van der Waals surface area contributed by atoms with Crippen molar-refractivity contribution in [2.24, 2.45) is 0 Å². The number of nitrogens with one attached hydrogen (secondary N) is 1. The molecule has 108 valence electrons. The molecule has 0 aliphatic carbocycles. The Hall–Kier alpha value is -1.30. The van der Waals surface area contributed by atoms with E-state index in [0.717, 1.165) is 18.7 Å². The van der Waals surface area contributed by atoms with Gasteiger partial charge in [-0.25, -0.2) is 0 Å². The predicted molar refractivity (Wildman–Crippen MR) is 73.7 cm³/mol. The van der Waals surface area contributed by atoms with Gasteiger partial charge in [0.2, 0.25) is 0 Å². The van der Waals surface area contributed by atoms with Crippen LogP contribution in [0, 0.1) is 0 Å². The van der Waals surface area contributed by atoms with Crippen molar-refractivity contribution in [2.75, 3.05) is 40.8 Å². The monoisotopic (exact) mass is 269 g/mol. The molecule has 19 heavy (non-hydrogen) atoms. The maximum absolute atomic E-state index is 5.48. The van der Waals surface area contributed by atoms with Crippen molar-refractivity contribution < 1.29 is 18.9 Å². The zero-order chi connectivity index (χ0) is 13.9. The van der Waals surface area contributed by atoms with Gasteiger partial charge < -0.3 is 24.3 Å². The average Bonchev–Trinajstić information content (AvgIpc) is 2.45. The van der Waals surface area contributed by atoms with Crippen LogP contribution in [0.3, 0.4) is 0 Å². The standard InChI is InChI=1S/C14H23NO4/c1-4-18-11-19-13-6-5-12(9-14(13)17-3)10-15-7-8-16-2/h5-6,9,15H,4,7-8,10-11H2,1-3H3. The molecule has 1 aromatic carbocycles. The second-order valence-corrected chi connectivity index (χ2v) is 3.91. The molecule has 1 aromatic rings. The zero-order valence-corrected chi connectivity index (χ0v) is 11.9. The summed E-state index contributed by atoms with van der Waals surface area (Å²) in [4.78, 5) is 0. The molecule has 0 aromatic heterocycles. The number of ether oxygens (including phenoxy) is 4. The first-order chi connectivity index (χ1) is 9.31. The van der Waals surface area contributed by atoms with Crippen molar-refractivity contribution in [1.29, 1.82) is 0 Å². The minimum atomic E-state index is 0.234. The van der Waals surface area contributed by atoms with E-state index in [9.17, 15) is 0 Å². The molecule has 0 saturated heterocycles. The molecule has 0 heterocycles. The minimum absolute atomic E-state index is 0.234. The lowest BCUT2D eigenvalue weighted by Gasteiger charge is -2.12. The second-order valence-electron chi connectivity index (χ2n) is 3.91. The van der Waals surface area contributed by atoms with Crippen LogP contribution in [0.5, 0.6) is 11.5 Å². The highest BCUT2D eigenvalue weighted by Gasteiger charge is 2.05. The maximum atomic E-state index is 5.48. The van der Waals surface area contributed by atoms with E-state index in [4.69, 9.17) is 18.9 Å². The number of rotatable bonds is 10. The molecule has 1 N–H and O–H groups in total. The van der Waals surface area contributed by atoms with Gasteiger partial charge in [-0.15, -0.1) is 0 Å². The minimum Gasteiger partial charge on any atom is -0.493 e. The van der Waals surface area contributed by atoms with E-state index < -0.39 is 0 Å². The van der Waals surface area contributed by atoms with Crippen LogP contribution in [0.4, 0.5) is 0 Å². The molecule has 0 radical (unpaired) electrons. The number of benzene rings is 1. The molecule has 0 aliphatic rings. The van der Waals surface area contributed by atoms with Gasteiger partial charge in [-0.2, -0.15) is 0 Å². The molecule has 0 amide bonds. The van der Waals surface area contributed by atoms with Gasteiger partial charge in [0.05, 0.1) is 13.7 Å². The molecule has 0 atom stereocenters. The smallest absolute Gasteiger partial charge is 0.189 e. The molecule has 1 rings (SSSR count). The normalized spacial score (nSPS) is 10.5. The first kappa shape index (κ1) is 15.8. The first-order valence-electron chi connectivity index (χ1n) is 6.39. The summed E-state index contributed by atoms with van der Waals surface area (Å²) in [5, 5.41) is 3.28. The Morgan fingerprint density at radius 1 is 1.16 bits per heavy atom. The third-order valence-corrected chi connectivity index (χ3v) is 2.54. The number of hydrogen-bond donors (Lipinski definition) is 1. The Morgan fingerprint density at radius 3 is 2.68 bits per heavy atom. The molecule has 0 spiro atoms. The largest absolute Gasteiger partial charge is 0.493 e. The second kappa shape index (κ2) is 9.61. The van der Waals surface area contributed by atoms with Gasteiger partial charge in [0, 0.05) is 26.8 Å². The van der Waals surface area contributed by atoms with Crippen LogP contribution in [-0.2, 0) is 16.0 Å². The lowest BCUT2D eigenvalue weighted by molar-refractivity contribution is 0.0209.